The Balaban J connectivity index is 1.18. The van der Waals surface area contributed by atoms with Gasteiger partial charge in [0.2, 0.25) is 0 Å². The Morgan fingerprint density at radius 3 is 2.10 bits per heavy atom. The number of allylic oxidation sites excluding steroid dienone is 2. The van der Waals surface area contributed by atoms with Crippen molar-refractivity contribution in [3.63, 3.8) is 0 Å². The van der Waals surface area contributed by atoms with Gasteiger partial charge in [-0.15, -0.1) is 0 Å². The summed E-state index contributed by atoms with van der Waals surface area (Å²) in [5, 5.41) is 24.3. The van der Waals surface area contributed by atoms with Crippen LogP contribution in [-0.2, 0) is 9.53 Å². The molecule has 0 radical (unpaired) electrons. The Hall–Kier alpha value is -4.13. The molecule has 2 bridgehead atoms. The molecule has 2 N–H and O–H groups in total. The molecule has 2 saturated carbocycles. The molecular formula is C44H48F2O4. The number of halogens is 2. The highest BCUT2D eigenvalue weighted by atomic mass is 19.1. The van der Waals surface area contributed by atoms with E-state index in [0.29, 0.717) is 0 Å². The predicted octanol–water partition coefficient (Wildman–Crippen LogP) is 9.79. The maximum Gasteiger partial charge on any atom is 0.308 e. The van der Waals surface area contributed by atoms with Crippen LogP contribution in [0.3, 0.4) is 0 Å². The molecule has 4 aromatic rings. The fourth-order valence-electron chi connectivity index (χ4n) is 8.83. The third-order valence-corrected chi connectivity index (χ3v) is 11.8. The van der Waals surface area contributed by atoms with Crippen molar-refractivity contribution in [2.45, 2.75) is 84.5 Å². The lowest BCUT2D eigenvalue weighted by Gasteiger charge is -2.40. The highest BCUT2D eigenvalue weighted by molar-refractivity contribution is 5.87. The van der Waals surface area contributed by atoms with Gasteiger partial charge >= 0.3 is 5.97 Å². The molecule has 6 heteroatoms. The van der Waals surface area contributed by atoms with Crippen LogP contribution < -0.4 is 0 Å². The minimum absolute atomic E-state index is 0.00834. The van der Waals surface area contributed by atoms with E-state index in [2.05, 4.69) is 57.2 Å². The SMILES string of the molecule is CC(C)C(C=C[C@@H](O)C[C@@H](O)CC(=O)OC1C2CC[C@@](C)(C1c1cccc3ccccc13)C2(C)C)=C(c1ccc(F)cc1)c1ccc(F)cc1. The van der Waals surface area contributed by atoms with E-state index < -0.39 is 18.2 Å². The van der Waals surface area contributed by atoms with Gasteiger partial charge in [0, 0.05) is 18.3 Å². The van der Waals surface area contributed by atoms with E-state index >= 15 is 0 Å². The summed E-state index contributed by atoms with van der Waals surface area (Å²) in [5.41, 5.74) is 4.25. The van der Waals surface area contributed by atoms with Gasteiger partial charge < -0.3 is 14.9 Å². The molecule has 6 rings (SSSR count). The molecule has 0 aliphatic heterocycles. The summed E-state index contributed by atoms with van der Waals surface area (Å²) < 4.78 is 34.0. The first-order valence-electron chi connectivity index (χ1n) is 17.8. The third-order valence-electron chi connectivity index (χ3n) is 11.8. The van der Waals surface area contributed by atoms with Crippen LogP contribution in [0.2, 0.25) is 0 Å². The van der Waals surface area contributed by atoms with Crippen LogP contribution in [0.4, 0.5) is 8.78 Å². The maximum atomic E-state index is 13.8. The number of ether oxygens (including phenoxy) is 1. The topological polar surface area (TPSA) is 66.8 Å². The molecule has 2 fully saturated rings. The van der Waals surface area contributed by atoms with Gasteiger partial charge in [-0.05, 0) is 92.5 Å². The summed E-state index contributed by atoms with van der Waals surface area (Å²) in [6.45, 7) is 10.9. The number of benzene rings is 4. The second kappa shape index (κ2) is 14.2. The molecular weight excluding hydrogens is 630 g/mol. The van der Waals surface area contributed by atoms with Crippen molar-refractivity contribution in [2.75, 3.05) is 0 Å². The largest absolute Gasteiger partial charge is 0.461 e. The number of fused-ring (bicyclic) bond motifs is 3. The smallest absolute Gasteiger partial charge is 0.308 e. The van der Waals surface area contributed by atoms with E-state index in [-0.39, 0.29) is 59.2 Å². The van der Waals surface area contributed by atoms with Crippen molar-refractivity contribution < 1.29 is 28.5 Å². The summed E-state index contributed by atoms with van der Waals surface area (Å²) in [5.74, 6) is -0.976. The number of carbonyl (C=O) groups excluding carboxylic acids is 1. The maximum absolute atomic E-state index is 13.8. The molecule has 0 amide bonds. The van der Waals surface area contributed by atoms with E-state index in [9.17, 15) is 23.8 Å². The molecule has 6 atom stereocenters. The van der Waals surface area contributed by atoms with Crippen molar-refractivity contribution in [1.29, 1.82) is 0 Å². The Morgan fingerprint density at radius 1 is 0.880 bits per heavy atom. The van der Waals surface area contributed by atoms with Crippen LogP contribution >= 0.6 is 0 Å². The molecule has 0 saturated heterocycles. The molecule has 0 heterocycles. The lowest BCUT2D eigenvalue weighted by Crippen LogP contribution is -2.36. The Kier molecular flexibility index (Phi) is 10.2. The number of aliphatic hydroxyl groups is 2. The average molecular weight is 679 g/mol. The van der Waals surface area contributed by atoms with Gasteiger partial charge in [-0.2, -0.15) is 0 Å². The van der Waals surface area contributed by atoms with Gasteiger partial charge in [0.1, 0.15) is 17.7 Å². The molecule has 50 heavy (non-hydrogen) atoms. The lowest BCUT2D eigenvalue weighted by molar-refractivity contribution is -0.156. The van der Waals surface area contributed by atoms with Crippen molar-refractivity contribution in [2.24, 2.45) is 22.7 Å². The normalized spacial score (nSPS) is 23.8. The minimum atomic E-state index is -1.11. The zero-order valence-corrected chi connectivity index (χ0v) is 29.6. The van der Waals surface area contributed by atoms with E-state index in [4.69, 9.17) is 4.74 Å². The molecule has 4 aromatic carbocycles. The van der Waals surface area contributed by atoms with E-state index in [1.54, 1.807) is 36.4 Å². The predicted molar refractivity (Wildman–Crippen MR) is 195 cm³/mol. The van der Waals surface area contributed by atoms with Crippen LogP contribution in [0.5, 0.6) is 0 Å². The van der Waals surface area contributed by atoms with Gasteiger partial charge in [0.15, 0.2) is 0 Å². The van der Waals surface area contributed by atoms with Crippen LogP contribution in [0.25, 0.3) is 16.3 Å². The number of rotatable bonds is 11. The van der Waals surface area contributed by atoms with Gasteiger partial charge in [-0.1, -0.05) is 114 Å². The first kappa shape index (κ1) is 35.7. The molecule has 0 aromatic heterocycles. The Morgan fingerprint density at radius 2 is 1.48 bits per heavy atom. The fraction of sp³-hybridized carbons (Fsp3) is 0.386. The molecule has 4 nitrogen and oxygen atoms in total. The number of aliphatic hydroxyl groups excluding tert-OH is 2. The summed E-state index contributed by atoms with van der Waals surface area (Å²) >= 11 is 0. The first-order valence-corrected chi connectivity index (χ1v) is 17.8. The van der Waals surface area contributed by atoms with E-state index in [1.165, 1.54) is 35.2 Å². The quantitative estimate of drug-likeness (QED) is 0.122. The van der Waals surface area contributed by atoms with Gasteiger partial charge in [0.25, 0.3) is 0 Å². The highest BCUT2D eigenvalue weighted by Crippen LogP contribution is 2.72. The standard InChI is InChI=1S/C44H48F2O4/c1-27(2)35(40(29-13-17-31(45)18-14-29)30-15-19-32(46)20-16-30)22-21-33(47)25-34(48)26-39(49)50-42-38-23-24-44(5,43(38,3)4)41(42)37-12-8-10-28-9-6-7-11-36(28)37/h6-22,27,33-34,38,41-42,47-48H,23-26H2,1-5H3/t33-,34-,38?,41?,42?,44+/m1/s1. The summed E-state index contributed by atoms with van der Waals surface area (Å²) in [4.78, 5) is 13.5. The summed E-state index contributed by atoms with van der Waals surface area (Å²) in [6, 6.07) is 27.0. The van der Waals surface area contributed by atoms with Crippen LogP contribution in [0, 0.1) is 34.3 Å². The Bertz CT molecular complexity index is 1840. The van der Waals surface area contributed by atoms with E-state index in [0.717, 1.165) is 40.5 Å². The van der Waals surface area contributed by atoms with Crippen molar-refractivity contribution in [3.8, 4) is 0 Å². The van der Waals surface area contributed by atoms with Crippen LogP contribution in [0.1, 0.15) is 82.9 Å². The Labute approximate surface area is 294 Å². The van der Waals surface area contributed by atoms with Crippen LogP contribution in [0.15, 0.2) is 109 Å². The lowest BCUT2D eigenvalue weighted by atomic mass is 9.64. The molecule has 0 spiro atoms. The van der Waals surface area contributed by atoms with Crippen molar-refractivity contribution in [1.82, 2.24) is 0 Å². The van der Waals surface area contributed by atoms with Crippen molar-refractivity contribution in [3.05, 3.63) is 137 Å². The zero-order valence-electron chi connectivity index (χ0n) is 29.6. The van der Waals surface area contributed by atoms with Crippen molar-refractivity contribution >= 4 is 22.3 Å². The number of hydrogen-bond acceptors (Lipinski definition) is 4. The monoisotopic (exact) mass is 678 g/mol. The molecule has 262 valence electrons. The second-order valence-electron chi connectivity index (χ2n) is 15.3. The molecule has 2 aliphatic carbocycles. The second-order valence-corrected chi connectivity index (χ2v) is 15.3. The highest BCUT2D eigenvalue weighted by Gasteiger charge is 2.67. The number of esters is 1. The summed E-state index contributed by atoms with van der Waals surface area (Å²) in [6.07, 6.45) is 2.71. The zero-order chi connectivity index (χ0) is 35.8. The summed E-state index contributed by atoms with van der Waals surface area (Å²) in [7, 11) is 0. The fourth-order valence-corrected chi connectivity index (χ4v) is 8.83. The van der Waals surface area contributed by atoms with Gasteiger partial charge in [-0.25, -0.2) is 8.78 Å². The third kappa shape index (κ3) is 6.80. The molecule has 2 aliphatic rings. The van der Waals surface area contributed by atoms with Gasteiger partial charge in [0.05, 0.1) is 18.6 Å². The van der Waals surface area contributed by atoms with E-state index in [1.807, 2.05) is 19.9 Å². The molecule has 3 unspecified atom stereocenters. The number of hydrogen-bond donors (Lipinski definition) is 2. The minimum Gasteiger partial charge on any atom is -0.461 e. The van der Waals surface area contributed by atoms with Gasteiger partial charge in [-0.3, -0.25) is 4.79 Å². The van der Waals surface area contributed by atoms with Crippen LogP contribution in [-0.4, -0.2) is 34.5 Å². The number of carbonyl (C=O) groups is 1. The first-order chi connectivity index (χ1) is 23.8. The average Bonchev–Trinajstić information content (AvgIpc) is 3.39.